The maximum absolute atomic E-state index is 13.5. The lowest BCUT2D eigenvalue weighted by atomic mass is 9.98. The highest BCUT2D eigenvalue weighted by molar-refractivity contribution is 7.90. The van der Waals surface area contributed by atoms with E-state index < -0.39 is 21.7 Å². The largest absolute Gasteiger partial charge is 0.352 e. The minimum Gasteiger partial charge on any atom is -0.352 e. The van der Waals surface area contributed by atoms with Gasteiger partial charge in [0.25, 0.3) is 5.91 Å². The minimum atomic E-state index is -3.10. The number of nitrogens with zero attached hydrogens (tertiary/aromatic N) is 1. The molecule has 1 aromatic rings. The smallest absolute Gasteiger partial charge is 0.254 e. The molecule has 2 aliphatic rings. The maximum atomic E-state index is 13.5. The number of carbonyl (C=O) groups excluding carboxylic acids is 1. The zero-order chi connectivity index (χ0) is 16.4. The van der Waals surface area contributed by atoms with Crippen LogP contribution in [0, 0.1) is 11.7 Å². The lowest BCUT2D eigenvalue weighted by Gasteiger charge is -2.31. The third-order valence-corrected chi connectivity index (χ3v) is 6.95. The molecule has 0 atom stereocenters. The van der Waals surface area contributed by atoms with Gasteiger partial charge in [0.15, 0.2) is 0 Å². The first kappa shape index (κ1) is 16.4. The van der Waals surface area contributed by atoms with Crippen LogP contribution in [0.1, 0.15) is 36.0 Å². The standard InChI is InChI=1S/C16H21FN2O3S/c17-15-4-2-1-3-14(15)16(20)18-11-12-7-9-19(10-8-12)23(21,22)13-5-6-13/h1-4,12-13H,5-11H2,(H,18,20). The molecule has 1 N–H and O–H groups in total. The highest BCUT2D eigenvalue weighted by Crippen LogP contribution is 2.33. The molecule has 1 aliphatic heterocycles. The molecular formula is C16H21FN2O3S. The molecule has 126 valence electrons. The molecule has 2 fully saturated rings. The first-order valence-electron chi connectivity index (χ1n) is 8.00. The van der Waals surface area contributed by atoms with Crippen LogP contribution in [0.2, 0.25) is 0 Å². The summed E-state index contributed by atoms with van der Waals surface area (Å²) in [6.45, 7) is 1.47. The fraction of sp³-hybridized carbons (Fsp3) is 0.562. The van der Waals surface area contributed by atoms with Gasteiger partial charge < -0.3 is 5.32 Å². The van der Waals surface area contributed by atoms with Crippen molar-refractivity contribution in [2.45, 2.75) is 30.9 Å². The lowest BCUT2D eigenvalue weighted by Crippen LogP contribution is -2.42. The Kier molecular flexibility index (Phi) is 4.68. The molecule has 1 saturated heterocycles. The summed E-state index contributed by atoms with van der Waals surface area (Å²) in [5.41, 5.74) is 0.0428. The van der Waals surface area contributed by atoms with Gasteiger partial charge in [-0.25, -0.2) is 17.1 Å². The van der Waals surface area contributed by atoms with Crippen LogP contribution in [0.25, 0.3) is 0 Å². The van der Waals surface area contributed by atoms with Crippen molar-refractivity contribution in [3.05, 3.63) is 35.6 Å². The number of amides is 1. The van der Waals surface area contributed by atoms with E-state index in [2.05, 4.69) is 5.32 Å². The molecule has 1 heterocycles. The van der Waals surface area contributed by atoms with E-state index in [0.29, 0.717) is 19.6 Å². The SMILES string of the molecule is O=C(NCC1CCN(S(=O)(=O)C2CC2)CC1)c1ccccc1F. The Balaban J connectivity index is 1.48. The first-order chi connectivity index (χ1) is 11.0. The van der Waals surface area contributed by atoms with E-state index in [9.17, 15) is 17.6 Å². The number of benzene rings is 1. The molecule has 0 unspecified atom stereocenters. The van der Waals surface area contributed by atoms with Crippen LogP contribution in [-0.4, -0.2) is 43.5 Å². The van der Waals surface area contributed by atoms with Crippen molar-refractivity contribution in [3.8, 4) is 0 Å². The summed E-state index contributed by atoms with van der Waals surface area (Å²) in [7, 11) is -3.10. The van der Waals surface area contributed by atoms with Gasteiger partial charge in [-0.2, -0.15) is 0 Å². The maximum Gasteiger partial charge on any atom is 0.254 e. The summed E-state index contributed by atoms with van der Waals surface area (Å²) in [6.07, 6.45) is 3.01. The Hall–Kier alpha value is -1.47. The van der Waals surface area contributed by atoms with Crippen molar-refractivity contribution in [2.75, 3.05) is 19.6 Å². The van der Waals surface area contributed by atoms with Crippen molar-refractivity contribution in [2.24, 2.45) is 5.92 Å². The Morgan fingerprint density at radius 1 is 1.17 bits per heavy atom. The number of halogens is 1. The van der Waals surface area contributed by atoms with Crippen LogP contribution in [0.3, 0.4) is 0 Å². The van der Waals surface area contributed by atoms with E-state index in [4.69, 9.17) is 0 Å². The molecule has 1 aliphatic carbocycles. The van der Waals surface area contributed by atoms with Gasteiger partial charge in [0.05, 0.1) is 10.8 Å². The molecule has 7 heteroatoms. The molecular weight excluding hydrogens is 319 g/mol. The molecule has 5 nitrogen and oxygen atoms in total. The number of nitrogens with one attached hydrogen (secondary N) is 1. The zero-order valence-electron chi connectivity index (χ0n) is 12.9. The van der Waals surface area contributed by atoms with Gasteiger partial charge in [-0.1, -0.05) is 12.1 Å². The molecule has 0 spiro atoms. The molecule has 1 amide bonds. The summed E-state index contributed by atoms with van der Waals surface area (Å²) in [6, 6.07) is 5.88. The summed E-state index contributed by atoms with van der Waals surface area (Å²) in [5, 5.41) is 2.58. The average Bonchev–Trinajstić information content (AvgIpc) is 3.39. The average molecular weight is 340 g/mol. The summed E-state index contributed by atoms with van der Waals surface area (Å²) in [4.78, 5) is 12.0. The van der Waals surface area contributed by atoms with Crippen molar-refractivity contribution in [1.29, 1.82) is 0 Å². The predicted octanol–water partition coefficient (Wildman–Crippen LogP) is 1.76. The first-order valence-corrected chi connectivity index (χ1v) is 9.50. The van der Waals surface area contributed by atoms with Gasteiger partial charge in [-0.05, 0) is 43.7 Å². The molecule has 1 saturated carbocycles. The summed E-state index contributed by atoms with van der Waals surface area (Å²) >= 11 is 0. The van der Waals surface area contributed by atoms with E-state index in [1.54, 1.807) is 16.4 Å². The number of carbonyl (C=O) groups is 1. The molecule has 1 aromatic carbocycles. The van der Waals surface area contributed by atoms with E-state index in [1.807, 2.05) is 0 Å². The van der Waals surface area contributed by atoms with Crippen molar-refractivity contribution in [3.63, 3.8) is 0 Å². The quantitative estimate of drug-likeness (QED) is 0.888. The minimum absolute atomic E-state index is 0.0428. The number of sulfonamides is 1. The van der Waals surface area contributed by atoms with Gasteiger partial charge >= 0.3 is 0 Å². The van der Waals surface area contributed by atoms with Gasteiger partial charge in [-0.15, -0.1) is 0 Å². The van der Waals surface area contributed by atoms with Crippen molar-refractivity contribution in [1.82, 2.24) is 9.62 Å². The molecule has 0 bridgehead atoms. The second-order valence-corrected chi connectivity index (χ2v) is 8.49. The van der Waals surface area contributed by atoms with Gasteiger partial charge in [0.1, 0.15) is 5.82 Å². The number of rotatable bonds is 5. The summed E-state index contributed by atoms with van der Waals surface area (Å²) < 4.78 is 39.4. The van der Waals surface area contributed by atoms with Crippen molar-refractivity contribution >= 4 is 15.9 Å². The van der Waals surface area contributed by atoms with Crippen LogP contribution in [0.5, 0.6) is 0 Å². The number of hydrogen-bond acceptors (Lipinski definition) is 3. The third kappa shape index (κ3) is 3.72. The lowest BCUT2D eigenvalue weighted by molar-refractivity contribution is 0.0937. The van der Waals surface area contributed by atoms with Gasteiger partial charge in [-0.3, -0.25) is 4.79 Å². The molecule has 23 heavy (non-hydrogen) atoms. The number of piperidine rings is 1. The van der Waals surface area contributed by atoms with Crippen LogP contribution >= 0.6 is 0 Å². The molecule has 0 radical (unpaired) electrons. The monoisotopic (exact) mass is 340 g/mol. The molecule has 0 aromatic heterocycles. The van der Waals surface area contributed by atoms with Gasteiger partial charge in [0.2, 0.25) is 10.0 Å². The van der Waals surface area contributed by atoms with Crippen molar-refractivity contribution < 1.29 is 17.6 Å². The normalized spacial score (nSPS) is 20.4. The predicted molar refractivity (Wildman–Crippen MR) is 85.0 cm³/mol. The number of hydrogen-bond donors (Lipinski definition) is 1. The highest BCUT2D eigenvalue weighted by atomic mass is 32.2. The Morgan fingerprint density at radius 3 is 2.43 bits per heavy atom. The van der Waals surface area contributed by atoms with Crippen LogP contribution in [0.15, 0.2) is 24.3 Å². The van der Waals surface area contributed by atoms with E-state index in [-0.39, 0.29) is 16.7 Å². The van der Waals surface area contributed by atoms with Crippen LogP contribution < -0.4 is 5.32 Å². The van der Waals surface area contributed by atoms with E-state index in [1.165, 1.54) is 12.1 Å². The second kappa shape index (κ2) is 6.57. The van der Waals surface area contributed by atoms with E-state index >= 15 is 0 Å². The highest BCUT2D eigenvalue weighted by Gasteiger charge is 2.41. The fourth-order valence-electron chi connectivity index (χ4n) is 2.92. The second-order valence-electron chi connectivity index (χ2n) is 6.28. The fourth-order valence-corrected chi connectivity index (χ4v) is 4.80. The molecule has 3 rings (SSSR count). The Morgan fingerprint density at radius 2 is 1.83 bits per heavy atom. The topological polar surface area (TPSA) is 66.5 Å². The zero-order valence-corrected chi connectivity index (χ0v) is 13.7. The summed E-state index contributed by atoms with van der Waals surface area (Å²) in [5.74, 6) is -0.720. The van der Waals surface area contributed by atoms with Crippen LogP contribution in [-0.2, 0) is 10.0 Å². The Labute approximate surface area is 135 Å². The van der Waals surface area contributed by atoms with E-state index in [0.717, 1.165) is 25.7 Å². The van der Waals surface area contributed by atoms with Gasteiger partial charge in [0, 0.05) is 19.6 Å². The Bertz CT molecular complexity index is 680. The van der Waals surface area contributed by atoms with Crippen LogP contribution in [0.4, 0.5) is 4.39 Å². The third-order valence-electron chi connectivity index (χ3n) is 4.55.